The fraction of sp³-hybridized carbons (Fsp3) is 0.556. The van der Waals surface area contributed by atoms with Crippen LogP contribution in [0.15, 0.2) is 22.3 Å². The van der Waals surface area contributed by atoms with E-state index in [0.717, 1.165) is 37.9 Å². The SMILES string of the molecule is CO[C@@H]1[C@@H](N=[N+]=[N-])[C@@H](OC(C)=O)[C@@H](COC(C)=O)O[C@@H]1Sc1cnc(C(F)(F)F)c(C#N)c1. The zero-order valence-corrected chi connectivity index (χ0v) is 18.3. The van der Waals surface area contributed by atoms with E-state index in [2.05, 4.69) is 15.0 Å². The summed E-state index contributed by atoms with van der Waals surface area (Å²) in [6, 6.07) is 1.31. The number of ether oxygens (including phenoxy) is 4. The van der Waals surface area contributed by atoms with Gasteiger partial charge in [-0.25, -0.2) is 4.98 Å². The Bertz CT molecular complexity index is 981. The molecule has 0 spiro atoms. The molecule has 15 heteroatoms. The molecule has 11 nitrogen and oxygen atoms in total. The molecule has 0 unspecified atom stereocenters. The Morgan fingerprint density at radius 1 is 1.36 bits per heavy atom. The van der Waals surface area contributed by atoms with Gasteiger partial charge in [0.25, 0.3) is 0 Å². The molecule has 0 radical (unpaired) electrons. The minimum absolute atomic E-state index is 0.128. The molecular formula is C18H18F3N5O6S. The van der Waals surface area contributed by atoms with E-state index < -0.39 is 59.2 Å². The molecule has 2 heterocycles. The van der Waals surface area contributed by atoms with Crippen LogP contribution in [0.25, 0.3) is 10.4 Å². The fourth-order valence-electron chi connectivity index (χ4n) is 3.06. The Balaban J connectivity index is 2.42. The van der Waals surface area contributed by atoms with Gasteiger partial charge in [-0.2, -0.15) is 18.4 Å². The molecule has 0 amide bonds. The number of thioether (sulfide) groups is 1. The molecule has 178 valence electrons. The maximum Gasteiger partial charge on any atom is 0.434 e. The highest BCUT2D eigenvalue weighted by molar-refractivity contribution is 7.99. The van der Waals surface area contributed by atoms with Crippen molar-refractivity contribution in [3.8, 4) is 6.07 Å². The Morgan fingerprint density at radius 2 is 2.06 bits per heavy atom. The van der Waals surface area contributed by atoms with E-state index >= 15 is 0 Å². The highest BCUT2D eigenvalue weighted by Crippen LogP contribution is 2.38. The average Bonchev–Trinajstić information content (AvgIpc) is 2.73. The number of methoxy groups -OCH3 is 1. The average molecular weight is 489 g/mol. The van der Waals surface area contributed by atoms with Crippen LogP contribution in [0.1, 0.15) is 25.1 Å². The van der Waals surface area contributed by atoms with E-state index in [4.69, 9.17) is 29.7 Å². The Kier molecular flexibility index (Phi) is 8.89. The van der Waals surface area contributed by atoms with Crippen LogP contribution < -0.4 is 0 Å². The topological polar surface area (TPSA) is 156 Å². The normalized spacial score (nSPS) is 24.8. The third-order valence-corrected chi connectivity index (χ3v) is 5.44. The standard InChI is InChI=1S/C18H18F3N5O6S/c1-8(27)30-7-12-14(31-9(2)28)13(25-26-23)15(29-3)17(32-12)33-11-4-10(5-22)16(24-6-11)18(19,20)21/h4,6,12-15,17H,7H2,1-3H3/t12-,13+,14+,15-,17-/m1/s1. The number of hydrogen-bond acceptors (Lipinski definition) is 10. The number of esters is 2. The summed E-state index contributed by atoms with van der Waals surface area (Å²) in [5.41, 5.74) is 5.96. The molecule has 2 rings (SSSR count). The first-order valence-corrected chi connectivity index (χ1v) is 10.1. The van der Waals surface area contributed by atoms with Gasteiger partial charge in [-0.1, -0.05) is 16.9 Å². The molecule has 1 aromatic heterocycles. The lowest BCUT2D eigenvalue weighted by Gasteiger charge is -2.43. The predicted octanol–water partition coefficient (Wildman–Crippen LogP) is 2.98. The summed E-state index contributed by atoms with van der Waals surface area (Å²) in [5.74, 6) is -1.37. The van der Waals surface area contributed by atoms with Gasteiger partial charge in [0, 0.05) is 37.0 Å². The third-order valence-electron chi connectivity index (χ3n) is 4.33. The van der Waals surface area contributed by atoms with Crippen molar-refractivity contribution < 1.29 is 41.7 Å². The van der Waals surface area contributed by atoms with Gasteiger partial charge < -0.3 is 18.9 Å². The summed E-state index contributed by atoms with van der Waals surface area (Å²) >= 11 is 0.842. The lowest BCUT2D eigenvalue weighted by molar-refractivity contribution is -0.196. The number of hydrogen-bond donors (Lipinski definition) is 0. The number of carbonyl (C=O) groups excluding carboxylic acids is 2. The van der Waals surface area contributed by atoms with Crippen molar-refractivity contribution in [2.75, 3.05) is 13.7 Å². The van der Waals surface area contributed by atoms with Gasteiger partial charge in [0.1, 0.15) is 42.5 Å². The Morgan fingerprint density at radius 3 is 2.58 bits per heavy atom. The molecule has 0 N–H and O–H groups in total. The number of pyridine rings is 1. The van der Waals surface area contributed by atoms with Crippen molar-refractivity contribution in [1.29, 1.82) is 5.26 Å². The minimum Gasteiger partial charge on any atom is -0.463 e. The van der Waals surface area contributed by atoms with Crippen molar-refractivity contribution in [2.45, 2.75) is 54.7 Å². The molecule has 1 fully saturated rings. The maximum atomic E-state index is 13.0. The van der Waals surface area contributed by atoms with Gasteiger partial charge in [0.05, 0.1) is 5.56 Å². The first-order valence-electron chi connectivity index (χ1n) is 9.18. The van der Waals surface area contributed by atoms with E-state index in [1.165, 1.54) is 13.2 Å². The predicted molar refractivity (Wildman–Crippen MR) is 104 cm³/mol. The van der Waals surface area contributed by atoms with Crippen molar-refractivity contribution in [1.82, 2.24) is 4.98 Å². The number of carbonyl (C=O) groups is 2. The maximum absolute atomic E-state index is 13.0. The molecule has 33 heavy (non-hydrogen) atoms. The van der Waals surface area contributed by atoms with Crippen molar-refractivity contribution in [3.05, 3.63) is 34.0 Å². The van der Waals surface area contributed by atoms with E-state index in [1.54, 1.807) is 0 Å². The van der Waals surface area contributed by atoms with E-state index in [-0.39, 0.29) is 11.5 Å². The van der Waals surface area contributed by atoms with Gasteiger partial charge in [0.2, 0.25) is 0 Å². The second kappa shape index (κ2) is 11.2. The van der Waals surface area contributed by atoms with Crippen LogP contribution in [0.3, 0.4) is 0 Å². The van der Waals surface area contributed by atoms with Gasteiger partial charge >= 0.3 is 18.1 Å². The third kappa shape index (κ3) is 6.72. The minimum atomic E-state index is -4.82. The number of aromatic nitrogens is 1. The molecule has 0 aromatic carbocycles. The number of nitrogens with zero attached hydrogens (tertiary/aromatic N) is 5. The lowest BCUT2D eigenvalue weighted by Crippen LogP contribution is -2.59. The molecule has 1 aliphatic rings. The number of azide groups is 1. The van der Waals surface area contributed by atoms with Crippen LogP contribution >= 0.6 is 11.8 Å². The van der Waals surface area contributed by atoms with Crippen LogP contribution in [-0.4, -0.2) is 60.4 Å². The zero-order chi connectivity index (χ0) is 24.8. The molecule has 1 aromatic rings. The molecule has 5 atom stereocenters. The number of nitriles is 1. The van der Waals surface area contributed by atoms with Gasteiger partial charge in [-0.3, -0.25) is 9.59 Å². The quantitative estimate of drug-likeness (QED) is 0.243. The van der Waals surface area contributed by atoms with Gasteiger partial charge in [-0.15, -0.1) is 0 Å². The monoisotopic (exact) mass is 489 g/mol. The molecule has 1 saturated heterocycles. The Hall–Kier alpha value is -3.05. The molecule has 0 aliphatic carbocycles. The first-order chi connectivity index (χ1) is 15.5. The largest absolute Gasteiger partial charge is 0.463 e. The van der Waals surface area contributed by atoms with Gasteiger partial charge in [-0.05, 0) is 11.6 Å². The van der Waals surface area contributed by atoms with Crippen LogP contribution in [-0.2, 0) is 34.7 Å². The summed E-state index contributed by atoms with van der Waals surface area (Å²) in [7, 11) is 1.27. The number of alkyl halides is 3. The number of rotatable bonds is 7. The molecule has 0 saturated carbocycles. The molecule has 0 bridgehead atoms. The van der Waals surface area contributed by atoms with Crippen LogP contribution in [0, 0.1) is 11.3 Å². The molecule has 1 aliphatic heterocycles. The van der Waals surface area contributed by atoms with Crippen LogP contribution in [0.2, 0.25) is 0 Å². The Labute approximate surface area is 189 Å². The first kappa shape index (κ1) is 26.2. The van der Waals surface area contributed by atoms with Crippen molar-refractivity contribution >= 4 is 23.7 Å². The highest BCUT2D eigenvalue weighted by atomic mass is 32.2. The van der Waals surface area contributed by atoms with Crippen LogP contribution in [0.5, 0.6) is 0 Å². The van der Waals surface area contributed by atoms with E-state index in [9.17, 15) is 22.8 Å². The summed E-state index contributed by atoms with van der Waals surface area (Å²) in [6.07, 6.45) is -7.21. The molecular weight excluding hydrogens is 471 g/mol. The van der Waals surface area contributed by atoms with Crippen molar-refractivity contribution in [3.63, 3.8) is 0 Å². The lowest BCUT2D eigenvalue weighted by atomic mass is 9.97. The fourth-order valence-corrected chi connectivity index (χ4v) is 4.23. The van der Waals surface area contributed by atoms with E-state index in [1.807, 2.05) is 0 Å². The summed E-state index contributed by atoms with van der Waals surface area (Å²) in [4.78, 5) is 29.1. The second-order valence-electron chi connectivity index (χ2n) is 6.61. The smallest absolute Gasteiger partial charge is 0.434 e. The van der Waals surface area contributed by atoms with Crippen molar-refractivity contribution in [2.24, 2.45) is 5.11 Å². The summed E-state index contributed by atoms with van der Waals surface area (Å²) in [6.45, 7) is 1.90. The zero-order valence-electron chi connectivity index (χ0n) is 17.5. The van der Waals surface area contributed by atoms with Crippen LogP contribution in [0.4, 0.5) is 13.2 Å². The summed E-state index contributed by atoms with van der Waals surface area (Å²) < 4.78 is 60.5. The van der Waals surface area contributed by atoms with E-state index in [0.29, 0.717) is 0 Å². The van der Waals surface area contributed by atoms with Gasteiger partial charge in [0.15, 0.2) is 5.69 Å². The summed E-state index contributed by atoms with van der Waals surface area (Å²) in [5, 5.41) is 12.7. The second-order valence-corrected chi connectivity index (χ2v) is 7.78. The number of halogens is 3. The highest BCUT2D eigenvalue weighted by Gasteiger charge is 2.49.